The number of benzene rings is 1. The highest BCUT2D eigenvalue weighted by Crippen LogP contribution is 2.33. The fourth-order valence-electron chi connectivity index (χ4n) is 1.39. The van der Waals surface area contributed by atoms with Crippen LogP contribution in [0.3, 0.4) is 0 Å². The molecule has 0 spiro atoms. The highest BCUT2D eigenvalue weighted by molar-refractivity contribution is 9.10. The summed E-state index contributed by atoms with van der Waals surface area (Å²) in [5.74, 6) is -1.93. The Morgan fingerprint density at radius 2 is 2.07 bits per heavy atom. The number of carbonyl (C=O) groups excluding carboxylic acids is 2. The molecule has 0 atom stereocenters. The van der Waals surface area contributed by atoms with Gasteiger partial charge in [0.2, 0.25) is 0 Å². The van der Waals surface area contributed by atoms with Crippen LogP contribution in [0, 0.1) is 12.7 Å². The van der Waals surface area contributed by atoms with Gasteiger partial charge in [0, 0.05) is 0 Å². The van der Waals surface area contributed by atoms with E-state index in [1.165, 1.54) is 0 Å². The van der Waals surface area contributed by atoms with E-state index in [1.54, 1.807) is 6.92 Å². The van der Waals surface area contributed by atoms with Gasteiger partial charge in [0.15, 0.2) is 0 Å². The van der Waals surface area contributed by atoms with Gasteiger partial charge in [0.25, 0.3) is 11.7 Å². The number of fused-ring (bicyclic) bond motifs is 1. The molecule has 72 valence electrons. The number of carbonyl (C=O) groups is 2. The predicted octanol–water partition coefficient (Wildman–Crippen LogP) is 2.03. The summed E-state index contributed by atoms with van der Waals surface area (Å²) in [4.78, 5) is 22.2. The molecule has 0 bridgehead atoms. The molecular weight excluding hydrogens is 253 g/mol. The van der Waals surface area contributed by atoms with E-state index in [4.69, 9.17) is 0 Å². The van der Waals surface area contributed by atoms with Crippen molar-refractivity contribution in [2.45, 2.75) is 6.92 Å². The SMILES string of the molecule is Cc1c(Br)c(F)cc2c1NC(=O)C2=O. The molecule has 0 radical (unpaired) electrons. The van der Waals surface area contributed by atoms with Gasteiger partial charge in [-0.15, -0.1) is 0 Å². The molecule has 2 rings (SSSR count). The first kappa shape index (κ1) is 9.33. The maximum absolute atomic E-state index is 13.2. The lowest BCUT2D eigenvalue weighted by Crippen LogP contribution is -2.12. The second-order valence-corrected chi connectivity index (χ2v) is 3.80. The monoisotopic (exact) mass is 257 g/mol. The number of ketones is 1. The minimum atomic E-state index is -0.708. The maximum atomic E-state index is 13.2. The van der Waals surface area contributed by atoms with Crippen molar-refractivity contribution in [2.24, 2.45) is 0 Å². The van der Waals surface area contributed by atoms with Crippen LogP contribution in [0.5, 0.6) is 0 Å². The normalized spacial score (nSPS) is 14.2. The number of rotatable bonds is 0. The Labute approximate surface area is 87.4 Å². The van der Waals surface area contributed by atoms with Gasteiger partial charge in [-0.25, -0.2) is 4.39 Å². The molecule has 0 fully saturated rings. The summed E-state index contributed by atoms with van der Waals surface area (Å²) in [6.45, 7) is 1.63. The van der Waals surface area contributed by atoms with Crippen LogP contribution in [0.15, 0.2) is 10.5 Å². The minimum Gasteiger partial charge on any atom is -0.318 e. The number of nitrogens with one attached hydrogen (secondary N) is 1. The smallest absolute Gasteiger partial charge is 0.296 e. The molecule has 1 amide bonds. The van der Waals surface area contributed by atoms with Gasteiger partial charge in [-0.05, 0) is 34.5 Å². The molecule has 1 aliphatic rings. The number of halogens is 2. The summed E-state index contributed by atoms with van der Waals surface area (Å²) in [7, 11) is 0. The number of hydrogen-bond acceptors (Lipinski definition) is 2. The van der Waals surface area contributed by atoms with Crippen LogP contribution in [0.2, 0.25) is 0 Å². The summed E-state index contributed by atoms with van der Waals surface area (Å²) in [6.07, 6.45) is 0. The Bertz CT molecular complexity index is 470. The molecule has 0 unspecified atom stereocenters. The highest BCUT2D eigenvalue weighted by Gasteiger charge is 2.31. The first-order chi connectivity index (χ1) is 6.52. The van der Waals surface area contributed by atoms with Crippen LogP contribution in [-0.2, 0) is 4.79 Å². The Balaban J connectivity index is 2.76. The second-order valence-electron chi connectivity index (χ2n) is 3.00. The molecule has 1 aromatic carbocycles. The molecule has 0 saturated carbocycles. The average molecular weight is 258 g/mol. The van der Waals surface area contributed by atoms with Crippen molar-refractivity contribution in [3.8, 4) is 0 Å². The lowest BCUT2D eigenvalue weighted by Gasteiger charge is -2.05. The van der Waals surface area contributed by atoms with Crippen molar-refractivity contribution in [2.75, 3.05) is 5.32 Å². The molecule has 0 saturated heterocycles. The third-order valence-corrected chi connectivity index (χ3v) is 3.12. The zero-order valence-electron chi connectivity index (χ0n) is 7.15. The van der Waals surface area contributed by atoms with Crippen molar-refractivity contribution in [1.82, 2.24) is 0 Å². The van der Waals surface area contributed by atoms with E-state index in [9.17, 15) is 14.0 Å². The predicted molar refractivity (Wildman–Crippen MR) is 51.8 cm³/mol. The molecule has 1 aromatic rings. The van der Waals surface area contributed by atoms with Crippen molar-refractivity contribution in [3.05, 3.63) is 27.5 Å². The average Bonchev–Trinajstić information content (AvgIpc) is 2.42. The Hall–Kier alpha value is -1.23. The second kappa shape index (κ2) is 2.88. The zero-order valence-corrected chi connectivity index (χ0v) is 8.74. The molecule has 14 heavy (non-hydrogen) atoms. The maximum Gasteiger partial charge on any atom is 0.296 e. The number of Topliss-reactive ketones (excluding diaryl/α,β-unsaturated/α-hetero) is 1. The van der Waals surface area contributed by atoms with E-state index in [0.717, 1.165) is 6.07 Å². The van der Waals surface area contributed by atoms with Crippen LogP contribution < -0.4 is 5.32 Å². The van der Waals surface area contributed by atoms with Gasteiger partial charge in [-0.3, -0.25) is 9.59 Å². The van der Waals surface area contributed by atoms with Gasteiger partial charge in [-0.2, -0.15) is 0 Å². The lowest BCUT2D eigenvalue weighted by atomic mass is 10.1. The number of hydrogen-bond donors (Lipinski definition) is 1. The van der Waals surface area contributed by atoms with Crippen molar-refractivity contribution < 1.29 is 14.0 Å². The highest BCUT2D eigenvalue weighted by atomic mass is 79.9. The fraction of sp³-hybridized carbons (Fsp3) is 0.111. The fourth-order valence-corrected chi connectivity index (χ4v) is 1.70. The zero-order chi connectivity index (χ0) is 10.5. The third-order valence-electron chi connectivity index (χ3n) is 2.14. The van der Waals surface area contributed by atoms with Crippen molar-refractivity contribution in [1.29, 1.82) is 0 Å². The first-order valence-electron chi connectivity index (χ1n) is 3.86. The van der Waals surface area contributed by atoms with Crippen LogP contribution in [0.4, 0.5) is 10.1 Å². The molecule has 1 aliphatic heterocycles. The molecule has 0 aromatic heterocycles. The molecule has 1 N–H and O–H groups in total. The van der Waals surface area contributed by atoms with Gasteiger partial charge in [0.1, 0.15) is 5.82 Å². The minimum absolute atomic E-state index is 0.105. The summed E-state index contributed by atoms with van der Waals surface area (Å²) in [5, 5.41) is 2.40. The van der Waals surface area contributed by atoms with Gasteiger partial charge < -0.3 is 5.32 Å². The van der Waals surface area contributed by atoms with Gasteiger partial charge in [0.05, 0.1) is 15.7 Å². The molecular formula is C9H5BrFNO2. The van der Waals surface area contributed by atoms with Crippen molar-refractivity contribution >= 4 is 33.3 Å². The van der Waals surface area contributed by atoms with Crippen LogP contribution in [0.1, 0.15) is 15.9 Å². The quantitative estimate of drug-likeness (QED) is 0.723. The molecule has 0 aliphatic carbocycles. The summed E-state index contributed by atoms with van der Waals surface area (Å²) in [5.41, 5.74) is 1.03. The summed E-state index contributed by atoms with van der Waals surface area (Å²) >= 11 is 3.03. The van der Waals surface area contributed by atoms with Crippen LogP contribution >= 0.6 is 15.9 Å². The van der Waals surface area contributed by atoms with E-state index in [2.05, 4.69) is 21.2 Å². The van der Waals surface area contributed by atoms with Gasteiger partial charge in [-0.1, -0.05) is 0 Å². The van der Waals surface area contributed by atoms with Crippen LogP contribution in [0.25, 0.3) is 0 Å². The molecule has 1 heterocycles. The van der Waals surface area contributed by atoms with E-state index < -0.39 is 17.5 Å². The van der Waals surface area contributed by atoms with E-state index in [0.29, 0.717) is 11.3 Å². The standard InChI is InChI=1S/C9H5BrFNO2/c1-3-6(10)5(11)2-4-7(3)12-9(14)8(4)13/h2H,1H3,(H,12,13,14). The third kappa shape index (κ3) is 1.09. The topological polar surface area (TPSA) is 46.2 Å². The van der Waals surface area contributed by atoms with Crippen molar-refractivity contribution in [3.63, 3.8) is 0 Å². The Kier molecular flexibility index (Phi) is 1.92. The van der Waals surface area contributed by atoms with E-state index >= 15 is 0 Å². The van der Waals surface area contributed by atoms with E-state index in [-0.39, 0.29) is 10.0 Å². The molecule has 5 heteroatoms. The van der Waals surface area contributed by atoms with Gasteiger partial charge >= 0.3 is 0 Å². The van der Waals surface area contributed by atoms with Crippen LogP contribution in [-0.4, -0.2) is 11.7 Å². The summed E-state index contributed by atoms with van der Waals surface area (Å²) in [6, 6.07) is 1.06. The first-order valence-corrected chi connectivity index (χ1v) is 4.66. The lowest BCUT2D eigenvalue weighted by molar-refractivity contribution is -0.112. The molecule has 3 nitrogen and oxygen atoms in total. The van der Waals surface area contributed by atoms with E-state index in [1.807, 2.05) is 0 Å². The number of anilines is 1. The Morgan fingerprint density at radius 3 is 2.71 bits per heavy atom. The Morgan fingerprint density at radius 1 is 1.43 bits per heavy atom. The number of amides is 1. The largest absolute Gasteiger partial charge is 0.318 e. The summed E-state index contributed by atoms with van der Waals surface area (Å²) < 4.78 is 13.5.